The minimum Gasteiger partial charge on any atom is -0.330 e. The minimum absolute atomic E-state index is 0. The molecule has 0 radical (unpaired) electrons. The number of nitrogens with zero attached hydrogens (tertiary/aromatic N) is 3. The van der Waals surface area contributed by atoms with E-state index < -0.39 is 0 Å². The molecule has 0 spiro atoms. The van der Waals surface area contributed by atoms with E-state index in [2.05, 4.69) is 39.9 Å². The van der Waals surface area contributed by atoms with Crippen LogP contribution >= 0.6 is 24.0 Å². The number of rotatable bonds is 5. The molecule has 0 saturated carbocycles. The highest BCUT2D eigenvalue weighted by molar-refractivity contribution is 6.31. The van der Waals surface area contributed by atoms with Gasteiger partial charge in [0.15, 0.2) is 0 Å². The maximum atomic E-state index is 8.94. The quantitative estimate of drug-likeness (QED) is 0.389. The van der Waals surface area contributed by atoms with Crippen molar-refractivity contribution < 1.29 is 0 Å². The van der Waals surface area contributed by atoms with Gasteiger partial charge in [-0.2, -0.15) is 5.26 Å². The van der Waals surface area contributed by atoms with Crippen LogP contribution in [0.2, 0.25) is 5.02 Å². The highest BCUT2D eigenvalue weighted by Crippen LogP contribution is 2.26. The third kappa shape index (κ3) is 4.86. The molecule has 0 saturated heterocycles. The molecular weight excluding hydrogens is 401 g/mol. The molecule has 0 N–H and O–H groups in total. The lowest BCUT2D eigenvalue weighted by Gasteiger charge is -2.11. The summed E-state index contributed by atoms with van der Waals surface area (Å²) in [4.78, 5) is 4.31. The summed E-state index contributed by atoms with van der Waals surface area (Å²) in [6.45, 7) is 0.666. The Labute approximate surface area is 181 Å². The predicted molar refractivity (Wildman–Crippen MR) is 119 cm³/mol. The Kier molecular flexibility index (Phi) is 6.72. The van der Waals surface area contributed by atoms with Gasteiger partial charge in [-0.25, -0.2) is 4.98 Å². The van der Waals surface area contributed by atoms with Crippen molar-refractivity contribution >= 4 is 24.0 Å². The Morgan fingerprint density at radius 3 is 2.38 bits per heavy atom. The second kappa shape index (κ2) is 9.43. The molecule has 144 valence electrons. The third-order valence-corrected chi connectivity index (χ3v) is 5.12. The number of hydrogen-bond donors (Lipinski definition) is 0. The van der Waals surface area contributed by atoms with Gasteiger partial charge in [0.1, 0.15) is 0 Å². The van der Waals surface area contributed by atoms with Crippen molar-refractivity contribution in [3.05, 3.63) is 113 Å². The van der Waals surface area contributed by atoms with E-state index in [0.717, 1.165) is 39.4 Å². The van der Waals surface area contributed by atoms with Gasteiger partial charge in [0.2, 0.25) is 0 Å². The molecule has 3 nitrogen and oxygen atoms in total. The van der Waals surface area contributed by atoms with Crippen molar-refractivity contribution in [1.82, 2.24) is 9.55 Å². The SMILES string of the molecule is Cl.N#Cc1ccc(Cc2cncn2Cc2ccc(-c3ccccc3)cc2Cl)cc1. The normalized spacial score (nSPS) is 10.2. The van der Waals surface area contributed by atoms with Crippen molar-refractivity contribution in [2.45, 2.75) is 13.0 Å². The summed E-state index contributed by atoms with van der Waals surface area (Å²) in [6, 6.07) is 26.2. The number of hydrogen-bond acceptors (Lipinski definition) is 2. The Morgan fingerprint density at radius 1 is 0.931 bits per heavy atom. The number of nitriles is 1. The molecule has 0 atom stereocenters. The molecule has 1 heterocycles. The van der Waals surface area contributed by atoms with Gasteiger partial charge in [0.25, 0.3) is 0 Å². The summed E-state index contributed by atoms with van der Waals surface area (Å²) in [7, 11) is 0. The van der Waals surface area contributed by atoms with E-state index in [0.29, 0.717) is 12.1 Å². The molecule has 0 bridgehead atoms. The van der Waals surface area contributed by atoms with Gasteiger partial charge in [-0.05, 0) is 40.5 Å². The first-order valence-electron chi connectivity index (χ1n) is 9.05. The van der Waals surface area contributed by atoms with Crippen molar-refractivity contribution in [3.8, 4) is 17.2 Å². The van der Waals surface area contributed by atoms with Crippen molar-refractivity contribution in [3.63, 3.8) is 0 Å². The zero-order valence-corrected chi connectivity index (χ0v) is 17.2. The molecular formula is C24H19Cl2N3. The van der Waals surface area contributed by atoms with Crippen LogP contribution in [0.25, 0.3) is 11.1 Å². The van der Waals surface area contributed by atoms with Gasteiger partial charge in [-0.3, -0.25) is 0 Å². The lowest BCUT2D eigenvalue weighted by molar-refractivity contribution is 0.754. The second-order valence-corrected chi connectivity index (χ2v) is 7.08. The zero-order chi connectivity index (χ0) is 19.3. The summed E-state index contributed by atoms with van der Waals surface area (Å²) in [5.41, 5.74) is 6.24. The maximum absolute atomic E-state index is 8.94. The van der Waals surface area contributed by atoms with E-state index >= 15 is 0 Å². The van der Waals surface area contributed by atoms with Gasteiger partial charge in [-0.1, -0.05) is 66.2 Å². The van der Waals surface area contributed by atoms with Crippen molar-refractivity contribution in [2.75, 3.05) is 0 Å². The maximum Gasteiger partial charge on any atom is 0.0991 e. The molecule has 5 heteroatoms. The largest absolute Gasteiger partial charge is 0.330 e. The molecule has 3 aromatic carbocycles. The average molecular weight is 420 g/mol. The van der Waals surface area contributed by atoms with Crippen LogP contribution in [-0.2, 0) is 13.0 Å². The van der Waals surface area contributed by atoms with Crippen LogP contribution in [0.1, 0.15) is 22.4 Å². The first-order chi connectivity index (χ1) is 13.7. The lowest BCUT2D eigenvalue weighted by atomic mass is 10.0. The van der Waals surface area contributed by atoms with Crippen LogP contribution in [0.3, 0.4) is 0 Å². The first kappa shape index (κ1) is 20.7. The number of benzene rings is 3. The summed E-state index contributed by atoms with van der Waals surface area (Å²) in [5.74, 6) is 0. The van der Waals surface area contributed by atoms with E-state index in [-0.39, 0.29) is 12.4 Å². The van der Waals surface area contributed by atoms with E-state index in [4.69, 9.17) is 16.9 Å². The summed E-state index contributed by atoms with van der Waals surface area (Å²) in [6.07, 6.45) is 4.47. The van der Waals surface area contributed by atoms with Crippen LogP contribution in [0.15, 0.2) is 85.3 Å². The number of imidazole rings is 1. The molecule has 0 aliphatic rings. The minimum atomic E-state index is 0. The topological polar surface area (TPSA) is 41.6 Å². The molecule has 0 unspecified atom stereocenters. The van der Waals surface area contributed by atoms with Crippen molar-refractivity contribution in [2.24, 2.45) is 0 Å². The van der Waals surface area contributed by atoms with Crippen LogP contribution in [0.4, 0.5) is 0 Å². The van der Waals surface area contributed by atoms with Gasteiger partial charge in [0, 0.05) is 23.3 Å². The molecule has 0 aliphatic carbocycles. The molecule has 4 rings (SSSR count). The summed E-state index contributed by atoms with van der Waals surface area (Å²) < 4.78 is 2.11. The van der Waals surface area contributed by atoms with Gasteiger partial charge < -0.3 is 4.57 Å². The average Bonchev–Trinajstić information content (AvgIpc) is 3.17. The van der Waals surface area contributed by atoms with E-state index in [9.17, 15) is 0 Å². The van der Waals surface area contributed by atoms with Crippen LogP contribution in [0, 0.1) is 11.3 Å². The molecule has 29 heavy (non-hydrogen) atoms. The fourth-order valence-electron chi connectivity index (χ4n) is 3.21. The molecule has 1 aromatic heterocycles. The Hall–Kier alpha value is -3.06. The lowest BCUT2D eigenvalue weighted by Crippen LogP contribution is -2.04. The Bertz CT molecular complexity index is 1130. The van der Waals surface area contributed by atoms with Gasteiger partial charge >= 0.3 is 0 Å². The molecule has 0 aliphatic heterocycles. The van der Waals surface area contributed by atoms with E-state index in [1.165, 1.54) is 0 Å². The van der Waals surface area contributed by atoms with Crippen LogP contribution < -0.4 is 0 Å². The smallest absolute Gasteiger partial charge is 0.0991 e. The third-order valence-electron chi connectivity index (χ3n) is 4.77. The Morgan fingerprint density at radius 2 is 1.69 bits per heavy atom. The molecule has 0 fully saturated rings. The van der Waals surface area contributed by atoms with E-state index in [1.54, 1.807) is 0 Å². The second-order valence-electron chi connectivity index (χ2n) is 6.67. The molecule has 0 amide bonds. The predicted octanol–water partition coefficient (Wildman–Crippen LogP) is 6.14. The van der Waals surface area contributed by atoms with Crippen molar-refractivity contribution in [1.29, 1.82) is 5.26 Å². The zero-order valence-electron chi connectivity index (χ0n) is 15.6. The summed E-state index contributed by atoms with van der Waals surface area (Å²) in [5, 5.41) is 9.68. The fourth-order valence-corrected chi connectivity index (χ4v) is 3.45. The van der Waals surface area contributed by atoms with Gasteiger partial charge in [-0.15, -0.1) is 12.4 Å². The van der Waals surface area contributed by atoms with Crippen LogP contribution in [0.5, 0.6) is 0 Å². The monoisotopic (exact) mass is 419 g/mol. The summed E-state index contributed by atoms with van der Waals surface area (Å²) >= 11 is 6.58. The van der Waals surface area contributed by atoms with Gasteiger partial charge in [0.05, 0.1) is 24.5 Å². The number of aromatic nitrogens is 2. The standard InChI is InChI=1S/C24H18ClN3.ClH/c25-24-13-21(20-4-2-1-3-5-20)10-11-22(24)16-28-17-27-15-23(28)12-18-6-8-19(14-26)9-7-18;/h1-11,13,15,17H,12,16H2;1H. The Balaban J connectivity index is 0.00000240. The molecule has 4 aromatic rings. The highest BCUT2D eigenvalue weighted by atomic mass is 35.5. The van der Waals surface area contributed by atoms with Crippen LogP contribution in [-0.4, -0.2) is 9.55 Å². The first-order valence-corrected chi connectivity index (χ1v) is 9.42. The fraction of sp³-hybridized carbons (Fsp3) is 0.0833. The highest BCUT2D eigenvalue weighted by Gasteiger charge is 2.08. The number of halogens is 2. The van der Waals surface area contributed by atoms with E-state index in [1.807, 2.05) is 61.1 Å².